The summed E-state index contributed by atoms with van der Waals surface area (Å²) in [5, 5.41) is 11.2. The number of halogens is 1. The molecule has 0 saturated carbocycles. The number of nitrogens with one attached hydrogen (secondary N) is 1. The van der Waals surface area contributed by atoms with Crippen molar-refractivity contribution >= 4 is 21.8 Å². The molecular weight excluding hydrogens is 308 g/mol. The van der Waals surface area contributed by atoms with Gasteiger partial charge >= 0.3 is 0 Å². The van der Waals surface area contributed by atoms with Crippen molar-refractivity contribution in [3.63, 3.8) is 0 Å². The molecule has 1 atom stereocenters. The summed E-state index contributed by atoms with van der Waals surface area (Å²) in [7, 11) is 0. The minimum absolute atomic E-state index is 0.146. The van der Waals surface area contributed by atoms with Crippen LogP contribution in [0.4, 0.5) is 0 Å². The molecule has 0 aromatic heterocycles. The molecule has 5 heteroatoms. The number of ether oxygens (including phenoxy) is 1. The highest BCUT2D eigenvalue weighted by atomic mass is 79.9. The van der Waals surface area contributed by atoms with E-state index < -0.39 is 6.10 Å². The van der Waals surface area contributed by atoms with E-state index in [1.807, 2.05) is 18.2 Å². The van der Waals surface area contributed by atoms with Gasteiger partial charge in [-0.15, -0.1) is 0 Å². The van der Waals surface area contributed by atoms with Gasteiger partial charge in [0, 0.05) is 13.0 Å². The summed E-state index contributed by atoms with van der Waals surface area (Å²) in [6, 6.07) is 9.48. The molecule has 0 aliphatic heterocycles. The van der Waals surface area contributed by atoms with E-state index in [0.717, 1.165) is 17.3 Å². The van der Waals surface area contributed by atoms with Crippen LogP contribution in [-0.4, -0.2) is 18.6 Å². The molecule has 0 radical (unpaired) electrons. The lowest BCUT2D eigenvalue weighted by Gasteiger charge is -2.15. The second-order valence-corrected chi connectivity index (χ2v) is 4.95. The third-order valence-corrected chi connectivity index (χ3v) is 3.18. The molecule has 1 aromatic rings. The fourth-order valence-corrected chi connectivity index (χ4v) is 1.85. The quantitative estimate of drug-likeness (QED) is 0.784. The zero-order valence-electron chi connectivity index (χ0n) is 10.9. The standard InChI is InChI=1S/C14H17BrN2O2/c1-11(14(18)17-10-6-2-5-9-16)19-13-8-4-3-7-12(13)15/h3-4,7-8,11H,2,5-6,10H2,1H3,(H,17,18)/t11-/m0/s1. The summed E-state index contributed by atoms with van der Waals surface area (Å²) in [6.45, 7) is 2.29. The highest BCUT2D eigenvalue weighted by Gasteiger charge is 2.14. The van der Waals surface area contributed by atoms with Gasteiger partial charge in [-0.05, 0) is 47.8 Å². The van der Waals surface area contributed by atoms with Crippen LogP contribution in [0.1, 0.15) is 26.2 Å². The van der Waals surface area contributed by atoms with Crippen LogP contribution >= 0.6 is 15.9 Å². The maximum atomic E-state index is 11.8. The van der Waals surface area contributed by atoms with E-state index in [2.05, 4.69) is 27.3 Å². The second-order valence-electron chi connectivity index (χ2n) is 4.10. The number of amides is 1. The Bertz CT molecular complexity index is 457. The molecule has 0 aliphatic rings. The van der Waals surface area contributed by atoms with Crippen LogP contribution in [0.2, 0.25) is 0 Å². The third kappa shape index (κ3) is 5.75. The molecule has 0 heterocycles. The van der Waals surface area contributed by atoms with Gasteiger partial charge in [-0.25, -0.2) is 0 Å². The number of unbranched alkanes of at least 4 members (excludes halogenated alkanes) is 2. The molecule has 0 aliphatic carbocycles. The van der Waals surface area contributed by atoms with Crippen molar-refractivity contribution in [3.05, 3.63) is 28.7 Å². The molecule has 1 amide bonds. The lowest BCUT2D eigenvalue weighted by atomic mass is 10.2. The number of benzene rings is 1. The van der Waals surface area contributed by atoms with Gasteiger partial charge in [0.1, 0.15) is 5.75 Å². The van der Waals surface area contributed by atoms with Crippen molar-refractivity contribution in [2.24, 2.45) is 0 Å². The van der Waals surface area contributed by atoms with Gasteiger partial charge in [0.15, 0.2) is 6.10 Å². The molecular formula is C14H17BrN2O2. The van der Waals surface area contributed by atoms with Crippen LogP contribution in [0.15, 0.2) is 28.7 Å². The van der Waals surface area contributed by atoms with Crippen LogP contribution in [0.5, 0.6) is 5.75 Å². The van der Waals surface area contributed by atoms with Gasteiger partial charge < -0.3 is 10.1 Å². The Morgan fingerprint density at radius 3 is 2.89 bits per heavy atom. The monoisotopic (exact) mass is 324 g/mol. The summed E-state index contributed by atoms with van der Waals surface area (Å²) < 4.78 is 6.40. The zero-order chi connectivity index (χ0) is 14.1. The molecule has 0 fully saturated rings. The molecule has 1 rings (SSSR count). The van der Waals surface area contributed by atoms with Crippen LogP contribution < -0.4 is 10.1 Å². The zero-order valence-corrected chi connectivity index (χ0v) is 12.4. The molecule has 0 spiro atoms. The van der Waals surface area contributed by atoms with E-state index >= 15 is 0 Å². The highest BCUT2D eigenvalue weighted by Crippen LogP contribution is 2.24. The molecule has 0 unspecified atom stereocenters. The summed E-state index contributed by atoms with van der Waals surface area (Å²) in [5.41, 5.74) is 0. The van der Waals surface area contributed by atoms with Crippen molar-refractivity contribution in [3.8, 4) is 11.8 Å². The number of nitrogens with zero attached hydrogens (tertiary/aromatic N) is 1. The predicted octanol–water partition coefficient (Wildman–Crippen LogP) is 3.03. The average molecular weight is 325 g/mol. The Hall–Kier alpha value is -1.54. The topological polar surface area (TPSA) is 62.1 Å². The van der Waals surface area contributed by atoms with Crippen molar-refractivity contribution in [2.75, 3.05) is 6.54 Å². The Balaban J connectivity index is 2.33. The summed E-state index contributed by atoms with van der Waals surface area (Å²) in [5.74, 6) is 0.502. The smallest absolute Gasteiger partial charge is 0.260 e. The van der Waals surface area contributed by atoms with E-state index in [9.17, 15) is 4.79 Å². The molecule has 102 valence electrons. The molecule has 0 bridgehead atoms. The fraction of sp³-hybridized carbons (Fsp3) is 0.429. The summed E-state index contributed by atoms with van der Waals surface area (Å²) in [6.07, 6.45) is 1.59. The number of carbonyl (C=O) groups excluding carboxylic acids is 1. The minimum Gasteiger partial charge on any atom is -0.480 e. The lowest BCUT2D eigenvalue weighted by molar-refractivity contribution is -0.127. The SMILES string of the molecule is C[C@H](Oc1ccccc1Br)C(=O)NCCCCC#N. The fourth-order valence-electron chi connectivity index (χ4n) is 1.47. The maximum absolute atomic E-state index is 11.8. The third-order valence-electron chi connectivity index (χ3n) is 2.52. The van der Waals surface area contributed by atoms with Crippen LogP contribution in [-0.2, 0) is 4.79 Å². The normalized spacial score (nSPS) is 11.4. The Morgan fingerprint density at radius 1 is 1.47 bits per heavy atom. The maximum Gasteiger partial charge on any atom is 0.260 e. The number of nitriles is 1. The van der Waals surface area contributed by atoms with Crippen molar-refractivity contribution in [1.82, 2.24) is 5.32 Å². The van der Waals surface area contributed by atoms with Crippen molar-refractivity contribution in [1.29, 1.82) is 5.26 Å². The van der Waals surface area contributed by atoms with Crippen LogP contribution in [0.3, 0.4) is 0 Å². The Morgan fingerprint density at radius 2 is 2.21 bits per heavy atom. The van der Waals surface area contributed by atoms with Gasteiger partial charge in [0.25, 0.3) is 5.91 Å². The van der Waals surface area contributed by atoms with E-state index in [-0.39, 0.29) is 5.91 Å². The molecule has 4 nitrogen and oxygen atoms in total. The van der Waals surface area contributed by atoms with E-state index in [4.69, 9.17) is 10.00 Å². The van der Waals surface area contributed by atoms with Crippen LogP contribution in [0.25, 0.3) is 0 Å². The van der Waals surface area contributed by atoms with Gasteiger partial charge in [-0.2, -0.15) is 5.26 Å². The number of para-hydroxylation sites is 1. The Labute approximate surface area is 121 Å². The molecule has 1 aromatic carbocycles. The first-order chi connectivity index (χ1) is 9.15. The first-order valence-corrected chi connectivity index (χ1v) is 7.00. The largest absolute Gasteiger partial charge is 0.480 e. The Kier molecular flexibility index (Phi) is 6.98. The first-order valence-electron chi connectivity index (χ1n) is 6.21. The number of hydrogen-bond acceptors (Lipinski definition) is 3. The van der Waals surface area contributed by atoms with Gasteiger partial charge in [-0.3, -0.25) is 4.79 Å². The molecule has 0 saturated heterocycles. The lowest BCUT2D eigenvalue weighted by Crippen LogP contribution is -2.36. The molecule has 1 N–H and O–H groups in total. The highest BCUT2D eigenvalue weighted by molar-refractivity contribution is 9.10. The summed E-state index contributed by atoms with van der Waals surface area (Å²) in [4.78, 5) is 11.8. The number of hydrogen-bond donors (Lipinski definition) is 1. The van der Waals surface area contributed by atoms with Crippen molar-refractivity contribution in [2.45, 2.75) is 32.3 Å². The number of carbonyl (C=O) groups is 1. The van der Waals surface area contributed by atoms with Gasteiger partial charge in [0.2, 0.25) is 0 Å². The van der Waals surface area contributed by atoms with E-state index in [1.54, 1.807) is 13.0 Å². The van der Waals surface area contributed by atoms with Gasteiger partial charge in [-0.1, -0.05) is 12.1 Å². The number of rotatable bonds is 7. The van der Waals surface area contributed by atoms with E-state index in [0.29, 0.717) is 18.7 Å². The summed E-state index contributed by atoms with van der Waals surface area (Å²) >= 11 is 3.37. The molecule has 19 heavy (non-hydrogen) atoms. The van der Waals surface area contributed by atoms with E-state index in [1.165, 1.54) is 0 Å². The first kappa shape index (κ1) is 15.5. The van der Waals surface area contributed by atoms with Crippen molar-refractivity contribution < 1.29 is 9.53 Å². The minimum atomic E-state index is -0.547. The predicted molar refractivity (Wildman–Crippen MR) is 76.7 cm³/mol. The van der Waals surface area contributed by atoms with Gasteiger partial charge in [0.05, 0.1) is 10.5 Å². The average Bonchev–Trinajstić information content (AvgIpc) is 2.41. The van der Waals surface area contributed by atoms with Crippen LogP contribution in [0, 0.1) is 11.3 Å². The second kappa shape index (κ2) is 8.54.